The van der Waals surface area contributed by atoms with E-state index in [1.165, 1.54) is 0 Å². The van der Waals surface area contributed by atoms with E-state index in [0.717, 1.165) is 6.39 Å². The van der Waals surface area contributed by atoms with Gasteiger partial charge < -0.3 is 4.42 Å². The lowest BCUT2D eigenvalue weighted by atomic mass is 10.1. The Morgan fingerprint density at radius 3 is 2.87 bits per heavy atom. The van der Waals surface area contributed by atoms with E-state index in [1.54, 1.807) is 25.1 Å². The summed E-state index contributed by atoms with van der Waals surface area (Å²) in [5.74, 6) is 0.158. The summed E-state index contributed by atoms with van der Waals surface area (Å²) < 4.78 is 4.94. The minimum Gasteiger partial charge on any atom is -0.423 e. The zero-order chi connectivity index (χ0) is 10.8. The number of aromatic nitrogens is 2. The number of hydrogen-bond acceptors (Lipinski definition) is 5. The van der Waals surface area contributed by atoms with E-state index in [1.807, 2.05) is 0 Å². The van der Waals surface area contributed by atoms with Gasteiger partial charge in [0, 0.05) is 5.56 Å². The third-order valence-electron chi connectivity index (χ3n) is 2.01. The summed E-state index contributed by atoms with van der Waals surface area (Å²) in [7, 11) is 0. The molecule has 0 amide bonds. The largest absolute Gasteiger partial charge is 0.423 e. The van der Waals surface area contributed by atoms with E-state index >= 15 is 0 Å². The Labute approximate surface area is 84.7 Å². The lowest BCUT2D eigenvalue weighted by Crippen LogP contribution is -1.95. The van der Waals surface area contributed by atoms with Gasteiger partial charge in [-0.2, -0.15) is 0 Å². The highest BCUT2D eigenvalue weighted by Crippen LogP contribution is 2.30. The second-order valence-electron chi connectivity index (χ2n) is 2.97. The van der Waals surface area contributed by atoms with Gasteiger partial charge in [-0.1, -0.05) is 12.1 Å². The van der Waals surface area contributed by atoms with Gasteiger partial charge in [-0.25, -0.2) is 0 Å². The summed E-state index contributed by atoms with van der Waals surface area (Å²) in [6.07, 6.45) is 1.14. The number of para-hydroxylation sites is 1. The van der Waals surface area contributed by atoms with Gasteiger partial charge in [0.05, 0.1) is 4.92 Å². The van der Waals surface area contributed by atoms with Crippen molar-refractivity contribution in [3.05, 3.63) is 40.3 Å². The fraction of sp³-hybridized carbons (Fsp3) is 0.111. The average molecular weight is 205 g/mol. The Balaban J connectivity index is 2.66. The molecule has 0 unspecified atom stereocenters. The third-order valence-corrected chi connectivity index (χ3v) is 2.01. The summed E-state index contributed by atoms with van der Waals surface area (Å²) in [5.41, 5.74) is 0.912. The van der Waals surface area contributed by atoms with Crippen LogP contribution in [0.15, 0.2) is 29.0 Å². The topological polar surface area (TPSA) is 82.1 Å². The highest BCUT2D eigenvalue weighted by atomic mass is 16.6. The molecule has 0 bridgehead atoms. The number of benzene rings is 1. The summed E-state index contributed by atoms with van der Waals surface area (Å²) in [6, 6.07) is 4.96. The van der Waals surface area contributed by atoms with Crippen molar-refractivity contribution < 1.29 is 9.34 Å². The van der Waals surface area contributed by atoms with Crippen LogP contribution in [0.3, 0.4) is 0 Å². The van der Waals surface area contributed by atoms with E-state index in [9.17, 15) is 10.1 Å². The molecular formula is C9H7N3O3. The lowest BCUT2D eigenvalue weighted by Gasteiger charge is -2.00. The maximum Gasteiger partial charge on any atom is 0.284 e. The molecule has 2 rings (SSSR count). The molecule has 0 fully saturated rings. The van der Waals surface area contributed by atoms with Gasteiger partial charge >= 0.3 is 0 Å². The standard InChI is InChI=1S/C9H7N3O3/c1-6-3-2-4-7(8(6)12(13)14)9-11-10-5-15-9/h2-5H,1H3. The van der Waals surface area contributed by atoms with Crippen LogP contribution >= 0.6 is 0 Å². The van der Waals surface area contributed by atoms with Gasteiger partial charge in [0.1, 0.15) is 5.56 Å². The molecule has 15 heavy (non-hydrogen) atoms. The van der Waals surface area contributed by atoms with E-state index in [0.29, 0.717) is 11.1 Å². The van der Waals surface area contributed by atoms with Crippen molar-refractivity contribution in [1.29, 1.82) is 0 Å². The first-order chi connectivity index (χ1) is 7.20. The second-order valence-corrected chi connectivity index (χ2v) is 2.97. The van der Waals surface area contributed by atoms with Crippen molar-refractivity contribution in [2.75, 3.05) is 0 Å². The Morgan fingerprint density at radius 2 is 2.27 bits per heavy atom. The first kappa shape index (κ1) is 9.32. The van der Waals surface area contributed by atoms with Crippen molar-refractivity contribution in [2.45, 2.75) is 6.92 Å². The van der Waals surface area contributed by atoms with Gasteiger partial charge in [-0.15, -0.1) is 10.2 Å². The van der Waals surface area contributed by atoms with Crippen molar-refractivity contribution in [3.63, 3.8) is 0 Å². The summed E-state index contributed by atoms with van der Waals surface area (Å²) in [6.45, 7) is 1.66. The van der Waals surface area contributed by atoms with Crippen molar-refractivity contribution >= 4 is 5.69 Å². The molecule has 6 nitrogen and oxygen atoms in total. The van der Waals surface area contributed by atoms with Crippen molar-refractivity contribution in [3.8, 4) is 11.5 Å². The molecule has 0 aliphatic carbocycles. The smallest absolute Gasteiger partial charge is 0.284 e. The maximum atomic E-state index is 10.9. The number of rotatable bonds is 2. The zero-order valence-electron chi connectivity index (χ0n) is 7.88. The quantitative estimate of drug-likeness (QED) is 0.552. The predicted octanol–water partition coefficient (Wildman–Crippen LogP) is 1.95. The maximum absolute atomic E-state index is 10.9. The number of hydrogen-bond donors (Lipinski definition) is 0. The molecule has 1 aromatic heterocycles. The van der Waals surface area contributed by atoms with Crippen LogP contribution in [0.25, 0.3) is 11.5 Å². The monoisotopic (exact) mass is 205 g/mol. The molecule has 0 N–H and O–H groups in total. The minimum atomic E-state index is -0.450. The van der Waals surface area contributed by atoms with E-state index < -0.39 is 4.92 Å². The summed E-state index contributed by atoms with van der Waals surface area (Å²) in [5, 5.41) is 18.0. The SMILES string of the molecule is Cc1cccc(-c2nnco2)c1[N+](=O)[O-]. The molecule has 1 heterocycles. The van der Waals surface area contributed by atoms with Crippen LogP contribution in [0.1, 0.15) is 5.56 Å². The molecule has 2 aromatic rings. The van der Waals surface area contributed by atoms with Crippen LogP contribution in [0, 0.1) is 17.0 Å². The van der Waals surface area contributed by atoms with E-state index in [-0.39, 0.29) is 11.6 Å². The molecule has 0 radical (unpaired) electrons. The van der Waals surface area contributed by atoms with Gasteiger partial charge in [-0.3, -0.25) is 10.1 Å². The molecule has 0 saturated heterocycles. The zero-order valence-corrected chi connectivity index (χ0v) is 7.88. The van der Waals surface area contributed by atoms with E-state index in [2.05, 4.69) is 10.2 Å². The number of nitrogens with zero attached hydrogens (tertiary/aromatic N) is 3. The van der Waals surface area contributed by atoms with Crippen LogP contribution < -0.4 is 0 Å². The van der Waals surface area contributed by atoms with Gasteiger partial charge in [0.15, 0.2) is 0 Å². The van der Waals surface area contributed by atoms with Gasteiger partial charge in [0.25, 0.3) is 11.6 Å². The van der Waals surface area contributed by atoms with Crippen LogP contribution in [0.4, 0.5) is 5.69 Å². The van der Waals surface area contributed by atoms with Crippen LogP contribution in [-0.2, 0) is 0 Å². The Morgan fingerprint density at radius 1 is 1.47 bits per heavy atom. The molecule has 76 valence electrons. The Kier molecular flexibility index (Phi) is 2.17. The minimum absolute atomic E-state index is 0.00162. The normalized spacial score (nSPS) is 10.2. The predicted molar refractivity (Wildman–Crippen MR) is 51.1 cm³/mol. The molecule has 0 spiro atoms. The summed E-state index contributed by atoms with van der Waals surface area (Å²) >= 11 is 0. The number of aryl methyl sites for hydroxylation is 1. The molecule has 0 atom stereocenters. The number of nitro groups is 1. The van der Waals surface area contributed by atoms with Crippen LogP contribution in [-0.4, -0.2) is 15.1 Å². The van der Waals surface area contributed by atoms with Gasteiger partial charge in [-0.05, 0) is 13.0 Å². The fourth-order valence-electron chi connectivity index (χ4n) is 1.36. The Hall–Kier alpha value is -2.24. The highest BCUT2D eigenvalue weighted by molar-refractivity contribution is 5.68. The molecule has 0 aliphatic heterocycles. The lowest BCUT2D eigenvalue weighted by molar-refractivity contribution is -0.384. The molecule has 0 aliphatic rings. The van der Waals surface area contributed by atoms with Gasteiger partial charge in [0.2, 0.25) is 6.39 Å². The first-order valence-corrected chi connectivity index (χ1v) is 4.20. The van der Waals surface area contributed by atoms with E-state index in [4.69, 9.17) is 4.42 Å². The fourth-order valence-corrected chi connectivity index (χ4v) is 1.36. The average Bonchev–Trinajstić information content (AvgIpc) is 2.69. The molecule has 0 saturated carbocycles. The molecular weight excluding hydrogens is 198 g/mol. The third kappa shape index (κ3) is 1.56. The van der Waals surface area contributed by atoms with Crippen LogP contribution in [0.2, 0.25) is 0 Å². The molecule has 1 aromatic carbocycles. The van der Waals surface area contributed by atoms with Crippen molar-refractivity contribution in [1.82, 2.24) is 10.2 Å². The second kappa shape index (κ2) is 3.49. The highest BCUT2D eigenvalue weighted by Gasteiger charge is 2.20. The van der Waals surface area contributed by atoms with Crippen LogP contribution in [0.5, 0.6) is 0 Å². The van der Waals surface area contributed by atoms with Crippen molar-refractivity contribution in [2.24, 2.45) is 0 Å². The summed E-state index contributed by atoms with van der Waals surface area (Å²) in [4.78, 5) is 10.4. The number of nitro benzene ring substituents is 1. The Bertz CT molecular complexity index is 493. The molecule has 6 heteroatoms. The first-order valence-electron chi connectivity index (χ1n) is 4.20.